The maximum atomic E-state index is 11.7. The molecule has 112 valence electrons. The Labute approximate surface area is 122 Å². The molecule has 0 radical (unpaired) electrons. The Bertz CT molecular complexity index is 673. The number of methoxy groups -OCH3 is 1. The van der Waals surface area contributed by atoms with Crippen LogP contribution in [0.4, 0.5) is 5.69 Å². The highest BCUT2D eigenvalue weighted by atomic mass is 16.5. The largest absolute Gasteiger partial charge is 0.494 e. The van der Waals surface area contributed by atoms with Crippen LogP contribution in [0.3, 0.4) is 0 Å². The summed E-state index contributed by atoms with van der Waals surface area (Å²) in [4.78, 5) is 16.2. The number of aromatic nitrogens is 2. The van der Waals surface area contributed by atoms with Crippen molar-refractivity contribution in [2.45, 2.75) is 0 Å². The molecule has 1 aromatic heterocycles. The SMILES string of the molecule is COc1c(N2CCN(C)CC2)cc(C(N)=O)c2[nH]ncc12. The molecule has 1 saturated heterocycles. The summed E-state index contributed by atoms with van der Waals surface area (Å²) in [5, 5.41) is 7.62. The smallest absolute Gasteiger partial charge is 0.250 e. The predicted octanol–water partition coefficient (Wildman–Crippen LogP) is 0.422. The van der Waals surface area contributed by atoms with Crippen LogP contribution in [-0.2, 0) is 0 Å². The number of primary amides is 1. The van der Waals surface area contributed by atoms with Gasteiger partial charge in [0.15, 0.2) is 5.75 Å². The molecular weight excluding hydrogens is 270 g/mol. The van der Waals surface area contributed by atoms with Crippen LogP contribution in [-0.4, -0.2) is 61.3 Å². The maximum Gasteiger partial charge on any atom is 0.250 e. The number of fused-ring (bicyclic) bond motifs is 1. The van der Waals surface area contributed by atoms with Crippen molar-refractivity contribution in [2.24, 2.45) is 5.73 Å². The predicted molar refractivity (Wildman–Crippen MR) is 80.9 cm³/mol. The van der Waals surface area contributed by atoms with E-state index in [4.69, 9.17) is 10.5 Å². The molecule has 0 atom stereocenters. The third kappa shape index (κ3) is 2.29. The number of hydrogen-bond donors (Lipinski definition) is 2. The summed E-state index contributed by atoms with van der Waals surface area (Å²) < 4.78 is 5.56. The van der Waals surface area contributed by atoms with Gasteiger partial charge in [0, 0.05) is 26.2 Å². The molecule has 1 fully saturated rings. The average molecular weight is 289 g/mol. The number of piperazine rings is 1. The first kappa shape index (κ1) is 13.7. The van der Waals surface area contributed by atoms with Crippen molar-refractivity contribution in [3.63, 3.8) is 0 Å². The molecule has 0 spiro atoms. The molecule has 1 aliphatic heterocycles. The lowest BCUT2D eigenvalue weighted by Gasteiger charge is -2.35. The molecule has 2 aromatic rings. The summed E-state index contributed by atoms with van der Waals surface area (Å²) in [5.74, 6) is 0.260. The van der Waals surface area contributed by atoms with Crippen molar-refractivity contribution in [1.82, 2.24) is 15.1 Å². The minimum atomic E-state index is -0.470. The van der Waals surface area contributed by atoms with Crippen molar-refractivity contribution in [3.8, 4) is 5.75 Å². The van der Waals surface area contributed by atoms with Crippen LogP contribution in [0.5, 0.6) is 5.75 Å². The third-order valence-electron chi connectivity index (χ3n) is 3.98. The number of nitrogens with one attached hydrogen (secondary N) is 1. The van der Waals surface area contributed by atoms with Gasteiger partial charge >= 0.3 is 0 Å². The fraction of sp³-hybridized carbons (Fsp3) is 0.429. The zero-order chi connectivity index (χ0) is 15.0. The summed E-state index contributed by atoms with van der Waals surface area (Å²) in [5.41, 5.74) is 7.46. The van der Waals surface area contributed by atoms with Crippen LogP contribution in [0.15, 0.2) is 12.3 Å². The number of anilines is 1. The molecule has 1 aromatic carbocycles. The molecule has 7 nitrogen and oxygen atoms in total. The van der Waals surface area contributed by atoms with Gasteiger partial charge in [-0.1, -0.05) is 0 Å². The second-order valence-corrected chi connectivity index (χ2v) is 5.29. The van der Waals surface area contributed by atoms with Gasteiger partial charge in [-0.2, -0.15) is 5.10 Å². The summed E-state index contributed by atoms with van der Waals surface area (Å²) in [7, 11) is 3.73. The van der Waals surface area contributed by atoms with E-state index in [1.807, 2.05) is 0 Å². The van der Waals surface area contributed by atoms with E-state index in [9.17, 15) is 4.79 Å². The van der Waals surface area contributed by atoms with E-state index in [1.165, 1.54) is 0 Å². The first-order valence-electron chi connectivity index (χ1n) is 6.89. The summed E-state index contributed by atoms with van der Waals surface area (Å²) in [6, 6.07) is 1.80. The lowest BCUT2D eigenvalue weighted by atomic mass is 10.1. The second-order valence-electron chi connectivity index (χ2n) is 5.29. The van der Waals surface area contributed by atoms with Crippen LogP contribution < -0.4 is 15.4 Å². The number of hydrogen-bond acceptors (Lipinski definition) is 5. The Morgan fingerprint density at radius 1 is 1.38 bits per heavy atom. The van der Waals surface area contributed by atoms with Gasteiger partial charge in [0.1, 0.15) is 0 Å². The van der Waals surface area contributed by atoms with E-state index in [-0.39, 0.29) is 0 Å². The van der Waals surface area contributed by atoms with E-state index >= 15 is 0 Å². The number of nitrogens with zero attached hydrogens (tertiary/aromatic N) is 3. The van der Waals surface area contributed by atoms with Crippen molar-refractivity contribution in [2.75, 3.05) is 45.2 Å². The highest BCUT2D eigenvalue weighted by Crippen LogP contribution is 2.37. The average Bonchev–Trinajstić information content (AvgIpc) is 2.95. The van der Waals surface area contributed by atoms with Gasteiger partial charge in [-0.05, 0) is 13.1 Å². The number of amides is 1. The van der Waals surface area contributed by atoms with Crippen LogP contribution >= 0.6 is 0 Å². The zero-order valence-corrected chi connectivity index (χ0v) is 12.2. The van der Waals surface area contributed by atoms with Crippen LogP contribution in [0.2, 0.25) is 0 Å². The van der Waals surface area contributed by atoms with Gasteiger partial charge in [0.05, 0.1) is 35.5 Å². The van der Waals surface area contributed by atoms with Gasteiger partial charge < -0.3 is 20.3 Å². The second kappa shape index (κ2) is 5.25. The quantitative estimate of drug-likeness (QED) is 0.855. The van der Waals surface area contributed by atoms with Crippen molar-refractivity contribution >= 4 is 22.5 Å². The zero-order valence-electron chi connectivity index (χ0n) is 12.2. The van der Waals surface area contributed by atoms with Crippen molar-refractivity contribution < 1.29 is 9.53 Å². The van der Waals surface area contributed by atoms with Gasteiger partial charge in [-0.25, -0.2) is 0 Å². The highest BCUT2D eigenvalue weighted by Gasteiger charge is 2.23. The lowest BCUT2D eigenvalue weighted by molar-refractivity contribution is 0.100. The number of H-pyrrole nitrogens is 1. The molecule has 21 heavy (non-hydrogen) atoms. The van der Waals surface area contributed by atoms with Crippen LogP contribution in [0.1, 0.15) is 10.4 Å². The molecule has 3 N–H and O–H groups in total. The first-order chi connectivity index (χ1) is 10.1. The maximum absolute atomic E-state index is 11.7. The van der Waals surface area contributed by atoms with Gasteiger partial charge in [0.2, 0.25) is 0 Å². The fourth-order valence-corrected chi connectivity index (χ4v) is 2.77. The Balaban J connectivity index is 2.14. The molecule has 1 amide bonds. The van der Waals surface area contributed by atoms with Crippen LogP contribution in [0, 0.1) is 0 Å². The number of likely N-dealkylation sites (N-methyl/N-ethyl adjacent to an activating group) is 1. The van der Waals surface area contributed by atoms with Gasteiger partial charge in [-0.15, -0.1) is 0 Å². The number of benzene rings is 1. The molecular formula is C14H19N5O2. The number of ether oxygens (including phenoxy) is 1. The Kier molecular flexibility index (Phi) is 3.42. The van der Waals surface area contributed by atoms with Crippen molar-refractivity contribution in [1.29, 1.82) is 0 Å². The third-order valence-corrected chi connectivity index (χ3v) is 3.98. The van der Waals surface area contributed by atoms with E-state index < -0.39 is 5.91 Å². The van der Waals surface area contributed by atoms with Crippen molar-refractivity contribution in [3.05, 3.63) is 17.8 Å². The van der Waals surface area contributed by atoms with E-state index in [1.54, 1.807) is 19.4 Å². The first-order valence-corrected chi connectivity index (χ1v) is 6.89. The molecule has 7 heteroatoms. The number of aromatic amines is 1. The molecule has 0 unspecified atom stereocenters. The van der Waals surface area contributed by atoms with Crippen LogP contribution in [0.25, 0.3) is 10.9 Å². The number of carbonyl (C=O) groups is 1. The van der Waals surface area contributed by atoms with E-state index in [2.05, 4.69) is 27.0 Å². The standard InChI is InChI=1S/C14H19N5O2/c1-18-3-5-19(6-4-18)11-7-9(14(15)20)12-10(8-16-17-12)13(11)21-2/h7-8H,3-6H2,1-2H3,(H2,15,20)(H,16,17). The Hall–Kier alpha value is -2.28. The molecule has 3 rings (SSSR count). The normalized spacial score (nSPS) is 16.4. The van der Waals surface area contributed by atoms with Gasteiger partial charge in [-0.3, -0.25) is 9.89 Å². The van der Waals surface area contributed by atoms with Gasteiger partial charge in [0.25, 0.3) is 5.91 Å². The lowest BCUT2D eigenvalue weighted by Crippen LogP contribution is -2.44. The molecule has 2 heterocycles. The van der Waals surface area contributed by atoms with E-state index in [0.717, 1.165) is 43.0 Å². The highest BCUT2D eigenvalue weighted by molar-refractivity contribution is 6.08. The topological polar surface area (TPSA) is 87.5 Å². The molecule has 1 aliphatic rings. The summed E-state index contributed by atoms with van der Waals surface area (Å²) in [6.07, 6.45) is 1.67. The van der Waals surface area contributed by atoms with E-state index in [0.29, 0.717) is 11.1 Å². The minimum Gasteiger partial charge on any atom is -0.494 e. The minimum absolute atomic E-state index is 0.442. The summed E-state index contributed by atoms with van der Waals surface area (Å²) in [6.45, 7) is 3.71. The molecule has 0 bridgehead atoms. The Morgan fingerprint density at radius 2 is 2.10 bits per heavy atom. The molecule has 0 aliphatic carbocycles. The number of rotatable bonds is 3. The summed E-state index contributed by atoms with van der Waals surface area (Å²) >= 11 is 0. The monoisotopic (exact) mass is 289 g/mol. The Morgan fingerprint density at radius 3 is 2.71 bits per heavy atom. The number of carbonyl (C=O) groups excluding carboxylic acids is 1. The fourth-order valence-electron chi connectivity index (χ4n) is 2.77. The number of nitrogens with two attached hydrogens (primary N) is 1. The molecule has 0 saturated carbocycles.